The molecule has 0 aromatic carbocycles. The first-order chi connectivity index (χ1) is 7.00. The maximum absolute atomic E-state index is 11.6. The Morgan fingerprint density at radius 3 is 2.67 bits per heavy atom. The molecule has 1 unspecified atom stereocenters. The molecule has 0 aliphatic heterocycles. The second kappa shape index (κ2) is 5.30. The zero-order chi connectivity index (χ0) is 11.4. The van der Waals surface area contributed by atoms with Gasteiger partial charge in [0.2, 0.25) is 0 Å². The van der Waals surface area contributed by atoms with E-state index in [1.165, 1.54) is 6.42 Å². The van der Waals surface area contributed by atoms with Crippen LogP contribution in [0.3, 0.4) is 0 Å². The highest BCUT2D eigenvalue weighted by molar-refractivity contribution is 7.80. The molecule has 0 aromatic rings. The van der Waals surface area contributed by atoms with Crippen LogP contribution in [0, 0.1) is 5.92 Å². The fourth-order valence-electron chi connectivity index (χ4n) is 1.42. The van der Waals surface area contributed by atoms with Gasteiger partial charge >= 0.3 is 6.03 Å². The second-order valence-electron chi connectivity index (χ2n) is 4.26. The quantitative estimate of drug-likeness (QED) is 0.710. The van der Waals surface area contributed by atoms with Crippen molar-refractivity contribution in [3.63, 3.8) is 0 Å². The van der Waals surface area contributed by atoms with Gasteiger partial charge in [-0.15, -0.1) is 0 Å². The van der Waals surface area contributed by atoms with Crippen molar-refractivity contribution in [1.29, 1.82) is 0 Å². The Hall–Kier alpha value is -0.840. The van der Waals surface area contributed by atoms with Gasteiger partial charge in [-0.05, 0) is 19.3 Å². The number of nitrogens with one attached hydrogen (secondary N) is 1. The number of urea groups is 1. The van der Waals surface area contributed by atoms with Gasteiger partial charge in [0, 0.05) is 25.6 Å². The average molecular weight is 229 g/mol. The third-order valence-corrected chi connectivity index (χ3v) is 3.22. The summed E-state index contributed by atoms with van der Waals surface area (Å²) in [6.07, 6.45) is 3.42. The molecule has 0 bridgehead atoms. The lowest BCUT2D eigenvalue weighted by Crippen LogP contribution is -2.47. The third kappa shape index (κ3) is 3.66. The first-order valence-corrected chi connectivity index (χ1v) is 5.72. The molecule has 0 radical (unpaired) electrons. The topological polar surface area (TPSA) is 58.4 Å². The zero-order valence-corrected chi connectivity index (χ0v) is 10.1. The summed E-state index contributed by atoms with van der Waals surface area (Å²) < 4.78 is 0. The Labute approximate surface area is 96.2 Å². The molecule has 5 heteroatoms. The Balaban J connectivity index is 2.28. The molecule has 1 aliphatic carbocycles. The molecule has 1 aliphatic rings. The van der Waals surface area contributed by atoms with Gasteiger partial charge in [-0.2, -0.15) is 0 Å². The molecule has 86 valence electrons. The third-order valence-electron chi connectivity index (χ3n) is 2.81. The molecular formula is C10H19N3OS. The lowest BCUT2D eigenvalue weighted by Gasteiger charge is -2.29. The zero-order valence-electron chi connectivity index (χ0n) is 9.32. The fraction of sp³-hybridized carbons (Fsp3) is 0.800. The summed E-state index contributed by atoms with van der Waals surface area (Å²) in [5, 5.41) is 2.96. The lowest BCUT2D eigenvalue weighted by atomic mass is 9.93. The van der Waals surface area contributed by atoms with Crippen LogP contribution in [0.4, 0.5) is 4.79 Å². The van der Waals surface area contributed by atoms with Crippen molar-refractivity contribution in [2.75, 3.05) is 13.6 Å². The van der Waals surface area contributed by atoms with Gasteiger partial charge in [-0.3, -0.25) is 0 Å². The fourth-order valence-corrected chi connectivity index (χ4v) is 1.50. The van der Waals surface area contributed by atoms with E-state index in [1.807, 2.05) is 6.92 Å². The van der Waals surface area contributed by atoms with E-state index in [0.717, 1.165) is 12.8 Å². The monoisotopic (exact) mass is 229 g/mol. The molecule has 0 aromatic heterocycles. The van der Waals surface area contributed by atoms with Gasteiger partial charge in [0.1, 0.15) is 0 Å². The van der Waals surface area contributed by atoms with Gasteiger partial charge in [-0.25, -0.2) is 4.79 Å². The van der Waals surface area contributed by atoms with E-state index in [2.05, 4.69) is 5.32 Å². The number of carbonyl (C=O) groups is 1. The molecular weight excluding hydrogens is 210 g/mol. The molecule has 1 atom stereocenters. The smallest absolute Gasteiger partial charge is 0.317 e. The van der Waals surface area contributed by atoms with Crippen LogP contribution in [0.5, 0.6) is 0 Å². The predicted octanol–water partition coefficient (Wildman–Crippen LogP) is 1.10. The number of nitrogens with zero attached hydrogens (tertiary/aromatic N) is 1. The van der Waals surface area contributed by atoms with Crippen LogP contribution < -0.4 is 11.1 Å². The van der Waals surface area contributed by atoms with Crippen molar-refractivity contribution >= 4 is 23.2 Å². The maximum atomic E-state index is 11.6. The second-order valence-corrected chi connectivity index (χ2v) is 4.73. The van der Waals surface area contributed by atoms with Crippen molar-refractivity contribution < 1.29 is 4.79 Å². The molecule has 1 saturated carbocycles. The summed E-state index contributed by atoms with van der Waals surface area (Å²) in [5.74, 6) is 0.0668. The summed E-state index contributed by atoms with van der Waals surface area (Å²) in [5.41, 5.74) is 5.50. The summed E-state index contributed by atoms with van der Waals surface area (Å²) in [6, 6.07) is 0.350. The van der Waals surface area contributed by atoms with Crippen LogP contribution in [-0.2, 0) is 0 Å². The average Bonchev–Trinajstić information content (AvgIpc) is 2.10. The highest BCUT2D eigenvalue weighted by Gasteiger charge is 2.21. The Morgan fingerprint density at radius 2 is 2.27 bits per heavy atom. The van der Waals surface area contributed by atoms with Crippen molar-refractivity contribution in [1.82, 2.24) is 10.2 Å². The minimum Gasteiger partial charge on any atom is -0.393 e. The lowest BCUT2D eigenvalue weighted by molar-refractivity contribution is 0.194. The summed E-state index contributed by atoms with van der Waals surface area (Å²) in [4.78, 5) is 13.7. The molecule has 0 heterocycles. The number of hydrogen-bond donors (Lipinski definition) is 2. The summed E-state index contributed by atoms with van der Waals surface area (Å²) in [6.45, 7) is 2.50. The van der Waals surface area contributed by atoms with Gasteiger partial charge < -0.3 is 16.0 Å². The molecule has 2 amide bonds. The van der Waals surface area contributed by atoms with E-state index in [-0.39, 0.29) is 11.9 Å². The van der Waals surface area contributed by atoms with E-state index in [4.69, 9.17) is 18.0 Å². The number of amides is 2. The number of carbonyl (C=O) groups excluding carboxylic acids is 1. The Kier molecular flexibility index (Phi) is 4.32. The van der Waals surface area contributed by atoms with Gasteiger partial charge in [0.05, 0.1) is 4.99 Å². The van der Waals surface area contributed by atoms with E-state index in [1.54, 1.807) is 11.9 Å². The summed E-state index contributed by atoms with van der Waals surface area (Å²) >= 11 is 4.86. The first-order valence-electron chi connectivity index (χ1n) is 5.31. The molecule has 1 rings (SSSR count). The van der Waals surface area contributed by atoms with E-state index in [9.17, 15) is 4.79 Å². The van der Waals surface area contributed by atoms with Crippen LogP contribution in [0.15, 0.2) is 0 Å². The largest absolute Gasteiger partial charge is 0.393 e. The molecule has 4 nitrogen and oxygen atoms in total. The van der Waals surface area contributed by atoms with Gasteiger partial charge in [-0.1, -0.05) is 19.1 Å². The SMILES string of the molecule is CC(CN(C)C(=O)NC1CCC1)C(N)=S. The predicted molar refractivity (Wildman–Crippen MR) is 64.8 cm³/mol. The highest BCUT2D eigenvalue weighted by atomic mass is 32.1. The maximum Gasteiger partial charge on any atom is 0.317 e. The van der Waals surface area contributed by atoms with E-state index >= 15 is 0 Å². The molecule has 0 spiro atoms. The van der Waals surface area contributed by atoms with Crippen molar-refractivity contribution in [2.24, 2.45) is 11.7 Å². The van der Waals surface area contributed by atoms with Crippen molar-refractivity contribution in [3.8, 4) is 0 Å². The first kappa shape index (κ1) is 12.2. The minimum atomic E-state index is -0.0252. The molecule has 3 N–H and O–H groups in total. The standard InChI is InChI=1S/C10H19N3OS/c1-7(9(11)15)6-13(2)10(14)12-8-4-3-5-8/h7-8H,3-6H2,1-2H3,(H2,11,15)(H,12,14). The summed E-state index contributed by atoms with van der Waals surface area (Å²) in [7, 11) is 1.77. The van der Waals surface area contributed by atoms with Crippen LogP contribution in [0.2, 0.25) is 0 Å². The van der Waals surface area contributed by atoms with Gasteiger partial charge in [0.25, 0.3) is 0 Å². The van der Waals surface area contributed by atoms with Crippen molar-refractivity contribution in [2.45, 2.75) is 32.2 Å². The van der Waals surface area contributed by atoms with E-state index in [0.29, 0.717) is 17.6 Å². The Bertz CT molecular complexity index is 253. The molecule has 0 saturated heterocycles. The highest BCUT2D eigenvalue weighted by Crippen LogP contribution is 2.18. The van der Waals surface area contributed by atoms with E-state index < -0.39 is 0 Å². The minimum absolute atomic E-state index is 0.0252. The van der Waals surface area contributed by atoms with Crippen LogP contribution in [0.1, 0.15) is 26.2 Å². The Morgan fingerprint density at radius 1 is 1.67 bits per heavy atom. The molecule has 1 fully saturated rings. The normalized spacial score (nSPS) is 17.7. The van der Waals surface area contributed by atoms with Crippen LogP contribution in [0.25, 0.3) is 0 Å². The number of rotatable bonds is 4. The van der Waals surface area contributed by atoms with Crippen molar-refractivity contribution in [3.05, 3.63) is 0 Å². The number of thiocarbonyl (C=S) groups is 1. The number of hydrogen-bond acceptors (Lipinski definition) is 2. The number of nitrogens with two attached hydrogens (primary N) is 1. The van der Waals surface area contributed by atoms with Crippen LogP contribution >= 0.6 is 12.2 Å². The van der Waals surface area contributed by atoms with Gasteiger partial charge in [0.15, 0.2) is 0 Å². The molecule has 15 heavy (non-hydrogen) atoms. The van der Waals surface area contributed by atoms with Crippen LogP contribution in [-0.4, -0.2) is 35.6 Å².